The van der Waals surface area contributed by atoms with E-state index in [1.165, 1.54) is 7.05 Å². The van der Waals surface area contributed by atoms with Crippen molar-refractivity contribution in [3.8, 4) is 22.7 Å². The molecular weight excluding hydrogens is 476 g/mol. The lowest BCUT2D eigenvalue weighted by Crippen LogP contribution is -2.37. The van der Waals surface area contributed by atoms with Gasteiger partial charge in [-0.15, -0.1) is 0 Å². The van der Waals surface area contributed by atoms with Crippen molar-refractivity contribution >= 4 is 28.2 Å². The van der Waals surface area contributed by atoms with Crippen LogP contribution in [0.2, 0.25) is 5.02 Å². The minimum Gasteiger partial charge on any atom is -0.497 e. The predicted molar refractivity (Wildman–Crippen MR) is 143 cm³/mol. The molecule has 180 valence electrons. The number of hydrogen-bond donors (Lipinski definition) is 1. The van der Waals surface area contributed by atoms with Crippen LogP contribution in [0, 0.1) is 0 Å². The highest BCUT2D eigenvalue weighted by Crippen LogP contribution is 2.46. The summed E-state index contributed by atoms with van der Waals surface area (Å²) in [5.41, 5.74) is 4.78. The Labute approximate surface area is 211 Å². The second kappa shape index (κ2) is 8.17. The summed E-state index contributed by atoms with van der Waals surface area (Å²) >= 11 is 6.69. The number of anilines is 1. The van der Waals surface area contributed by atoms with Gasteiger partial charge in [0.15, 0.2) is 0 Å². The number of halogens is 1. The van der Waals surface area contributed by atoms with Gasteiger partial charge in [0.25, 0.3) is 5.56 Å². The van der Waals surface area contributed by atoms with E-state index in [0.29, 0.717) is 27.4 Å². The van der Waals surface area contributed by atoms with Crippen LogP contribution in [-0.2, 0) is 14.1 Å². The minimum atomic E-state index is -0.402. The summed E-state index contributed by atoms with van der Waals surface area (Å²) in [7, 11) is 4.83. The molecule has 3 heterocycles. The van der Waals surface area contributed by atoms with Gasteiger partial charge in [-0.3, -0.25) is 13.9 Å². The van der Waals surface area contributed by atoms with Gasteiger partial charge >= 0.3 is 5.69 Å². The van der Waals surface area contributed by atoms with Crippen molar-refractivity contribution in [3.05, 3.63) is 110 Å². The molecule has 1 aliphatic heterocycles. The maximum absolute atomic E-state index is 13.7. The number of methoxy groups -OCH3 is 1. The Bertz CT molecular complexity index is 1780. The first-order valence-corrected chi connectivity index (χ1v) is 11.9. The third kappa shape index (κ3) is 3.06. The van der Waals surface area contributed by atoms with Crippen molar-refractivity contribution in [2.45, 2.75) is 6.04 Å². The Balaban J connectivity index is 1.85. The lowest BCUT2D eigenvalue weighted by molar-refractivity contribution is 0.415. The number of aryl methyl sites for hydroxylation is 1. The fraction of sp³-hybridized carbons (Fsp3) is 0.143. The highest BCUT2D eigenvalue weighted by Gasteiger charge is 2.35. The first-order valence-electron chi connectivity index (χ1n) is 11.5. The van der Waals surface area contributed by atoms with Crippen LogP contribution < -0.4 is 21.3 Å². The van der Waals surface area contributed by atoms with E-state index in [1.54, 1.807) is 18.7 Å². The molecule has 6 rings (SSSR count). The Kier molecular flexibility index (Phi) is 5.05. The molecule has 0 saturated heterocycles. The highest BCUT2D eigenvalue weighted by atomic mass is 35.5. The van der Waals surface area contributed by atoms with Gasteiger partial charge < -0.3 is 14.6 Å². The van der Waals surface area contributed by atoms with E-state index in [2.05, 4.69) is 9.88 Å². The zero-order chi connectivity index (χ0) is 25.1. The van der Waals surface area contributed by atoms with E-state index in [4.69, 9.17) is 16.3 Å². The summed E-state index contributed by atoms with van der Waals surface area (Å²) in [4.78, 5) is 26.9. The van der Waals surface area contributed by atoms with Crippen LogP contribution in [0.15, 0.2) is 82.4 Å². The van der Waals surface area contributed by atoms with Gasteiger partial charge in [0.05, 0.1) is 46.8 Å². The normalized spacial score (nSPS) is 14.3. The van der Waals surface area contributed by atoms with E-state index in [9.17, 15) is 9.59 Å². The molecule has 3 aromatic carbocycles. The minimum absolute atomic E-state index is 0.351. The Morgan fingerprint density at radius 2 is 1.58 bits per heavy atom. The second-order valence-electron chi connectivity index (χ2n) is 8.84. The van der Waals surface area contributed by atoms with Gasteiger partial charge in [-0.1, -0.05) is 41.9 Å². The Morgan fingerprint density at radius 3 is 2.31 bits per heavy atom. The Morgan fingerprint density at radius 1 is 0.889 bits per heavy atom. The number of aromatic nitrogens is 3. The summed E-state index contributed by atoms with van der Waals surface area (Å²) < 4.78 is 10.2. The lowest BCUT2D eigenvalue weighted by Gasteiger charge is -2.31. The molecule has 0 fully saturated rings. The van der Waals surface area contributed by atoms with Crippen LogP contribution >= 0.6 is 11.6 Å². The van der Waals surface area contributed by atoms with Gasteiger partial charge in [0.2, 0.25) is 0 Å². The molecule has 1 atom stereocenters. The summed E-state index contributed by atoms with van der Waals surface area (Å²) in [6.07, 6.45) is 0. The number of ether oxygens (including phenoxy) is 1. The van der Waals surface area contributed by atoms with Crippen LogP contribution in [0.4, 0.5) is 5.69 Å². The third-order valence-corrected chi connectivity index (χ3v) is 7.25. The number of hydrogen-bond acceptors (Lipinski definition) is 4. The molecule has 0 aliphatic carbocycles. The third-order valence-electron chi connectivity index (χ3n) is 6.91. The van der Waals surface area contributed by atoms with Crippen molar-refractivity contribution in [2.75, 3.05) is 12.4 Å². The second-order valence-corrected chi connectivity index (χ2v) is 9.25. The van der Waals surface area contributed by atoms with Crippen molar-refractivity contribution in [2.24, 2.45) is 14.1 Å². The molecule has 0 saturated carbocycles. The van der Waals surface area contributed by atoms with Gasteiger partial charge in [-0.05, 0) is 53.6 Å². The molecule has 7 nitrogen and oxygen atoms in total. The maximum Gasteiger partial charge on any atom is 0.331 e. The zero-order valence-electron chi connectivity index (χ0n) is 19.9. The zero-order valence-corrected chi connectivity index (χ0v) is 20.7. The van der Waals surface area contributed by atoms with Crippen molar-refractivity contribution in [1.29, 1.82) is 0 Å². The van der Waals surface area contributed by atoms with Gasteiger partial charge in [0, 0.05) is 19.1 Å². The predicted octanol–water partition coefficient (Wildman–Crippen LogP) is 4.87. The number of benzene rings is 3. The molecule has 0 unspecified atom stereocenters. The molecule has 0 amide bonds. The standard InChI is InChI=1S/C28H23ClN4O3/c1-31-25-22(27(34)32(2)28(31)35)24(16-12-14-17(36-3)15-13-16)33-21-11-7-6-10-20(21)30-23(26(25)33)18-8-4-5-9-19(18)29/h4-15,23,30H,1-3H3/t23-/m1/s1. The monoisotopic (exact) mass is 498 g/mol. The summed E-state index contributed by atoms with van der Waals surface area (Å²) in [5, 5.41) is 4.68. The average Bonchev–Trinajstić information content (AvgIpc) is 3.27. The van der Waals surface area contributed by atoms with Crippen molar-refractivity contribution in [3.63, 3.8) is 0 Å². The molecule has 5 aromatic rings. The number of rotatable bonds is 3. The molecular formula is C28H23ClN4O3. The molecule has 36 heavy (non-hydrogen) atoms. The number of nitrogens with one attached hydrogen (secondary N) is 1. The fourth-order valence-electron chi connectivity index (χ4n) is 5.18. The molecule has 1 N–H and O–H groups in total. The van der Waals surface area contributed by atoms with Crippen LogP contribution in [0.1, 0.15) is 17.3 Å². The first kappa shape index (κ1) is 22.2. The quantitative estimate of drug-likeness (QED) is 0.385. The highest BCUT2D eigenvalue weighted by molar-refractivity contribution is 6.31. The molecule has 8 heteroatoms. The molecule has 0 spiro atoms. The smallest absolute Gasteiger partial charge is 0.331 e. The number of para-hydroxylation sites is 2. The van der Waals surface area contributed by atoms with Crippen LogP contribution in [0.25, 0.3) is 27.8 Å². The average molecular weight is 499 g/mol. The van der Waals surface area contributed by atoms with Crippen molar-refractivity contribution < 1.29 is 4.74 Å². The number of fused-ring (bicyclic) bond motifs is 5. The van der Waals surface area contributed by atoms with Crippen LogP contribution in [0.3, 0.4) is 0 Å². The molecule has 1 aliphatic rings. The molecule has 0 radical (unpaired) electrons. The first-order chi connectivity index (χ1) is 17.4. The largest absolute Gasteiger partial charge is 0.497 e. The van der Waals surface area contributed by atoms with Gasteiger partial charge in [0.1, 0.15) is 5.75 Å². The van der Waals surface area contributed by atoms with Crippen LogP contribution in [-0.4, -0.2) is 20.8 Å². The summed E-state index contributed by atoms with van der Waals surface area (Å²) in [5.74, 6) is 0.713. The fourth-order valence-corrected chi connectivity index (χ4v) is 5.43. The van der Waals surface area contributed by atoms with Crippen LogP contribution in [0.5, 0.6) is 5.75 Å². The summed E-state index contributed by atoms with van der Waals surface area (Å²) in [6.45, 7) is 0. The Hall–Kier alpha value is -4.23. The molecule has 2 aromatic heterocycles. The maximum atomic E-state index is 13.7. The topological polar surface area (TPSA) is 70.2 Å². The molecule has 0 bridgehead atoms. The van der Waals surface area contributed by atoms with Crippen molar-refractivity contribution in [1.82, 2.24) is 13.7 Å². The van der Waals surface area contributed by atoms with Gasteiger partial charge in [-0.25, -0.2) is 4.79 Å². The van der Waals surface area contributed by atoms with E-state index in [1.807, 2.05) is 72.8 Å². The van der Waals surface area contributed by atoms with E-state index >= 15 is 0 Å². The van der Waals surface area contributed by atoms with E-state index in [0.717, 1.165) is 32.8 Å². The number of nitrogens with zero attached hydrogens (tertiary/aromatic N) is 3. The van der Waals surface area contributed by atoms with Gasteiger partial charge in [-0.2, -0.15) is 0 Å². The van der Waals surface area contributed by atoms with E-state index < -0.39 is 6.04 Å². The lowest BCUT2D eigenvalue weighted by atomic mass is 9.99. The van der Waals surface area contributed by atoms with E-state index in [-0.39, 0.29) is 11.2 Å². The summed E-state index contributed by atoms with van der Waals surface area (Å²) in [6, 6.07) is 22.7. The SMILES string of the molecule is COc1ccc(-c2c3c(=O)n(C)c(=O)n(C)c3c3n2-c2ccccc2N[C@@H]3c2ccccc2Cl)cc1.